The normalized spacial score (nSPS) is 14.4. The van der Waals surface area contributed by atoms with Crippen LogP contribution in [0, 0.1) is 0 Å². The first-order valence-corrected chi connectivity index (χ1v) is 8.82. The number of benzene rings is 1. The topological polar surface area (TPSA) is 15.3 Å². The molecule has 2 nitrogen and oxygen atoms in total. The van der Waals surface area contributed by atoms with E-state index in [1.165, 1.54) is 29.0 Å². The minimum Gasteiger partial charge on any atom is -0.363 e. The van der Waals surface area contributed by atoms with Crippen LogP contribution < -0.4 is 10.2 Å². The van der Waals surface area contributed by atoms with Gasteiger partial charge in [-0.05, 0) is 43.0 Å². The molecule has 21 heavy (non-hydrogen) atoms. The Morgan fingerprint density at radius 1 is 1.29 bits per heavy atom. The summed E-state index contributed by atoms with van der Waals surface area (Å²) in [5, 5.41) is 6.43. The Balaban J connectivity index is 1.89. The maximum Gasteiger partial charge on any atom is 0.0526 e. The summed E-state index contributed by atoms with van der Waals surface area (Å²) in [4.78, 5) is 3.95. The third-order valence-corrected chi connectivity index (χ3v) is 5.06. The minimum absolute atomic E-state index is 0.672. The molecule has 4 heteroatoms. The molecule has 1 aliphatic carbocycles. The van der Waals surface area contributed by atoms with Crippen LogP contribution in [0.4, 0.5) is 5.69 Å². The van der Waals surface area contributed by atoms with Gasteiger partial charge in [-0.1, -0.05) is 30.7 Å². The molecular weight excluding hydrogens is 300 g/mol. The molecule has 0 unspecified atom stereocenters. The fourth-order valence-electron chi connectivity index (χ4n) is 2.61. The van der Waals surface area contributed by atoms with Gasteiger partial charge in [0.1, 0.15) is 0 Å². The second-order valence-electron chi connectivity index (χ2n) is 5.46. The molecule has 0 bridgehead atoms. The lowest BCUT2D eigenvalue weighted by molar-refractivity contribution is 0.716. The van der Waals surface area contributed by atoms with E-state index in [1.807, 2.05) is 17.4 Å². The lowest BCUT2D eigenvalue weighted by atomic mass is 10.1. The highest BCUT2D eigenvalue weighted by molar-refractivity contribution is 7.09. The highest BCUT2D eigenvalue weighted by Crippen LogP contribution is 2.37. The smallest absolute Gasteiger partial charge is 0.0526 e. The molecule has 1 aromatic carbocycles. The second-order valence-corrected chi connectivity index (χ2v) is 6.90. The molecule has 1 aromatic heterocycles. The van der Waals surface area contributed by atoms with E-state index in [4.69, 9.17) is 11.6 Å². The number of nitrogens with one attached hydrogen (secondary N) is 1. The first-order chi connectivity index (χ1) is 10.3. The summed E-state index contributed by atoms with van der Waals surface area (Å²) in [5.41, 5.74) is 2.52. The molecule has 0 aliphatic heterocycles. The molecule has 1 fully saturated rings. The lowest BCUT2D eigenvalue weighted by Gasteiger charge is -2.27. The summed E-state index contributed by atoms with van der Waals surface area (Å²) in [6, 6.07) is 11.3. The van der Waals surface area contributed by atoms with Crippen molar-refractivity contribution in [2.24, 2.45) is 0 Å². The summed E-state index contributed by atoms with van der Waals surface area (Å²) in [5.74, 6) is 0. The van der Waals surface area contributed by atoms with Gasteiger partial charge in [-0.2, -0.15) is 0 Å². The zero-order chi connectivity index (χ0) is 14.7. The van der Waals surface area contributed by atoms with Crippen LogP contribution in [0.2, 0.25) is 5.02 Å². The van der Waals surface area contributed by atoms with E-state index in [2.05, 4.69) is 46.8 Å². The fourth-order valence-corrected chi connectivity index (χ4v) is 3.55. The number of hydrogen-bond acceptors (Lipinski definition) is 3. The van der Waals surface area contributed by atoms with E-state index < -0.39 is 0 Å². The average Bonchev–Trinajstić information content (AvgIpc) is 3.20. The van der Waals surface area contributed by atoms with Gasteiger partial charge in [0.15, 0.2) is 0 Å². The first-order valence-electron chi connectivity index (χ1n) is 7.56. The summed E-state index contributed by atoms with van der Waals surface area (Å²) < 4.78 is 0. The van der Waals surface area contributed by atoms with Crippen molar-refractivity contribution in [3.05, 3.63) is 51.2 Å². The van der Waals surface area contributed by atoms with Crippen LogP contribution in [-0.2, 0) is 13.1 Å². The third kappa shape index (κ3) is 3.60. The molecule has 0 amide bonds. The summed E-state index contributed by atoms with van der Waals surface area (Å²) in [6.07, 6.45) is 2.58. The molecule has 2 aromatic rings. The van der Waals surface area contributed by atoms with Crippen molar-refractivity contribution < 1.29 is 0 Å². The zero-order valence-corrected chi connectivity index (χ0v) is 13.9. The molecule has 1 aliphatic rings. The molecule has 1 heterocycles. The van der Waals surface area contributed by atoms with Gasteiger partial charge in [0.2, 0.25) is 0 Å². The van der Waals surface area contributed by atoms with E-state index in [0.29, 0.717) is 6.04 Å². The van der Waals surface area contributed by atoms with Crippen LogP contribution in [0.25, 0.3) is 0 Å². The summed E-state index contributed by atoms with van der Waals surface area (Å²) in [6.45, 7) is 4.90. The quantitative estimate of drug-likeness (QED) is 0.797. The number of hydrogen-bond donors (Lipinski definition) is 1. The highest BCUT2D eigenvalue weighted by Gasteiger charge is 2.31. The summed E-state index contributed by atoms with van der Waals surface area (Å²) in [7, 11) is 0. The van der Waals surface area contributed by atoms with E-state index in [1.54, 1.807) is 0 Å². The fraction of sp³-hybridized carbons (Fsp3) is 0.412. The predicted octanol–water partition coefficient (Wildman–Crippen LogP) is 4.68. The van der Waals surface area contributed by atoms with E-state index >= 15 is 0 Å². The largest absolute Gasteiger partial charge is 0.363 e. The van der Waals surface area contributed by atoms with Crippen molar-refractivity contribution in [1.29, 1.82) is 0 Å². The van der Waals surface area contributed by atoms with Gasteiger partial charge < -0.3 is 10.2 Å². The number of rotatable bonds is 7. The van der Waals surface area contributed by atoms with Crippen LogP contribution in [0.1, 0.15) is 30.2 Å². The Hall–Kier alpha value is -1.03. The second kappa shape index (κ2) is 6.82. The van der Waals surface area contributed by atoms with Crippen LogP contribution in [-0.4, -0.2) is 12.6 Å². The lowest BCUT2D eigenvalue weighted by Crippen LogP contribution is -2.27. The standard InChI is InChI=1S/C17H21ClN2S/c1-2-19-11-15-16(18)6-3-7-17(15)20(13-8-9-13)12-14-5-4-10-21-14/h3-7,10,13,19H,2,8-9,11-12H2,1H3. The Kier molecular flexibility index (Phi) is 4.84. The first kappa shape index (κ1) is 14.9. The van der Waals surface area contributed by atoms with Crippen molar-refractivity contribution in [3.8, 4) is 0 Å². The molecule has 1 saturated carbocycles. The SMILES string of the molecule is CCNCc1c(Cl)cccc1N(Cc1cccs1)C1CC1. The number of anilines is 1. The Morgan fingerprint density at radius 2 is 2.14 bits per heavy atom. The molecule has 0 radical (unpaired) electrons. The van der Waals surface area contributed by atoms with E-state index in [0.717, 1.165) is 24.7 Å². The van der Waals surface area contributed by atoms with Crippen molar-refractivity contribution in [3.63, 3.8) is 0 Å². The van der Waals surface area contributed by atoms with E-state index in [-0.39, 0.29) is 0 Å². The molecule has 112 valence electrons. The zero-order valence-electron chi connectivity index (χ0n) is 12.3. The van der Waals surface area contributed by atoms with Crippen molar-refractivity contribution in [2.45, 2.75) is 38.9 Å². The van der Waals surface area contributed by atoms with Crippen LogP contribution in [0.15, 0.2) is 35.7 Å². The Labute approximate surface area is 135 Å². The molecule has 3 rings (SSSR count). The van der Waals surface area contributed by atoms with Gasteiger partial charge in [-0.15, -0.1) is 11.3 Å². The third-order valence-electron chi connectivity index (χ3n) is 3.85. The molecule has 1 N–H and O–H groups in total. The average molecular weight is 321 g/mol. The maximum atomic E-state index is 6.45. The van der Waals surface area contributed by atoms with Crippen molar-refractivity contribution in [2.75, 3.05) is 11.4 Å². The summed E-state index contributed by atoms with van der Waals surface area (Å²) >= 11 is 8.28. The minimum atomic E-state index is 0.672. The maximum absolute atomic E-state index is 6.45. The van der Waals surface area contributed by atoms with Gasteiger partial charge in [0.05, 0.1) is 6.54 Å². The Morgan fingerprint density at radius 3 is 2.81 bits per heavy atom. The van der Waals surface area contributed by atoms with Gasteiger partial charge in [-0.3, -0.25) is 0 Å². The highest BCUT2D eigenvalue weighted by atomic mass is 35.5. The van der Waals surface area contributed by atoms with Crippen LogP contribution >= 0.6 is 22.9 Å². The monoisotopic (exact) mass is 320 g/mol. The predicted molar refractivity (Wildman–Crippen MR) is 92.4 cm³/mol. The number of nitrogens with zero attached hydrogens (tertiary/aromatic N) is 1. The molecule has 0 saturated heterocycles. The van der Waals surface area contributed by atoms with Crippen molar-refractivity contribution >= 4 is 28.6 Å². The van der Waals surface area contributed by atoms with Gasteiger partial charge in [0, 0.05) is 33.7 Å². The molecule has 0 atom stereocenters. The van der Waals surface area contributed by atoms with Gasteiger partial charge >= 0.3 is 0 Å². The van der Waals surface area contributed by atoms with Crippen LogP contribution in [0.5, 0.6) is 0 Å². The van der Waals surface area contributed by atoms with Crippen molar-refractivity contribution in [1.82, 2.24) is 5.32 Å². The van der Waals surface area contributed by atoms with Crippen LogP contribution in [0.3, 0.4) is 0 Å². The number of thiophene rings is 1. The van der Waals surface area contributed by atoms with Gasteiger partial charge in [-0.25, -0.2) is 0 Å². The molecular formula is C17H21ClN2S. The number of halogens is 1. The van der Waals surface area contributed by atoms with E-state index in [9.17, 15) is 0 Å². The molecule has 0 spiro atoms. The Bertz CT molecular complexity index is 578. The van der Waals surface area contributed by atoms with Gasteiger partial charge in [0.25, 0.3) is 0 Å².